The number of ketones is 1. The minimum Gasteiger partial charge on any atom is -0.292 e. The Morgan fingerprint density at radius 2 is 1.76 bits per heavy atom. The average molecular weight is 343 g/mol. The van der Waals surface area contributed by atoms with Gasteiger partial charge in [-0.1, -0.05) is 40.9 Å². The van der Waals surface area contributed by atoms with Gasteiger partial charge in [-0.3, -0.25) is 4.79 Å². The van der Waals surface area contributed by atoms with E-state index in [1.807, 2.05) is 6.07 Å². The number of Topliss-reactive ketones (excluding diaryl/α,β-unsaturated/α-hetero) is 1. The summed E-state index contributed by atoms with van der Waals surface area (Å²) < 4.78 is 13.8. The molecule has 0 amide bonds. The van der Waals surface area contributed by atoms with Gasteiger partial charge in [0, 0.05) is 20.6 Å². The summed E-state index contributed by atoms with van der Waals surface area (Å²) in [6.45, 7) is 0. The predicted molar refractivity (Wildman–Crippen MR) is 80.6 cm³/mol. The third kappa shape index (κ3) is 3.19. The molecule has 0 bridgehead atoms. The first kappa shape index (κ1) is 15.8. The molecule has 0 N–H and O–H groups in total. The molecule has 0 saturated carbocycles. The maximum Gasteiger partial charge on any atom is 0.187 e. The Kier molecular flexibility index (Phi) is 4.84. The molecule has 1 atom stereocenters. The number of benzene rings is 2. The molecule has 0 fully saturated rings. The second kappa shape index (κ2) is 6.44. The quantitative estimate of drug-likeness (QED) is 0.712. The zero-order valence-electron chi connectivity index (χ0n) is 10.4. The van der Waals surface area contributed by atoms with Crippen LogP contribution < -0.4 is 0 Å². The molecule has 6 heteroatoms. The molecular weight excluding hydrogens is 336 g/mol. The van der Waals surface area contributed by atoms with E-state index in [0.717, 1.165) is 6.07 Å². The normalized spacial score (nSPS) is 11.8. The molecule has 0 radical (unpaired) electrons. The molecule has 0 aliphatic carbocycles. The van der Waals surface area contributed by atoms with Crippen molar-refractivity contribution >= 4 is 40.6 Å². The monoisotopic (exact) mass is 341 g/mol. The largest absolute Gasteiger partial charge is 0.292 e. The van der Waals surface area contributed by atoms with Gasteiger partial charge in [0.05, 0.1) is 11.6 Å². The Labute approximate surface area is 135 Å². The molecule has 0 saturated heterocycles. The highest BCUT2D eigenvalue weighted by Gasteiger charge is 2.28. The van der Waals surface area contributed by atoms with Crippen molar-refractivity contribution < 1.29 is 9.18 Å². The molecule has 2 aromatic rings. The lowest BCUT2D eigenvalue weighted by Gasteiger charge is -2.13. The summed E-state index contributed by atoms with van der Waals surface area (Å²) in [7, 11) is 0. The van der Waals surface area contributed by atoms with Crippen molar-refractivity contribution in [3.63, 3.8) is 0 Å². The smallest absolute Gasteiger partial charge is 0.187 e. The van der Waals surface area contributed by atoms with Crippen molar-refractivity contribution in [3.05, 3.63) is 68.4 Å². The molecule has 0 aromatic heterocycles. The van der Waals surface area contributed by atoms with Crippen molar-refractivity contribution in [1.82, 2.24) is 0 Å². The van der Waals surface area contributed by atoms with Crippen LogP contribution in [0.25, 0.3) is 0 Å². The number of hydrogen-bond donors (Lipinski definition) is 0. The zero-order valence-corrected chi connectivity index (χ0v) is 12.7. The van der Waals surface area contributed by atoms with Gasteiger partial charge in [-0.05, 0) is 30.3 Å². The van der Waals surface area contributed by atoms with E-state index in [0.29, 0.717) is 0 Å². The van der Waals surface area contributed by atoms with Gasteiger partial charge >= 0.3 is 0 Å². The number of hydrogen-bond acceptors (Lipinski definition) is 2. The van der Waals surface area contributed by atoms with E-state index < -0.39 is 17.5 Å². The van der Waals surface area contributed by atoms with E-state index in [9.17, 15) is 14.4 Å². The first-order valence-corrected chi connectivity index (χ1v) is 6.92. The van der Waals surface area contributed by atoms with Crippen LogP contribution in [0.1, 0.15) is 21.8 Å². The maximum atomic E-state index is 13.8. The van der Waals surface area contributed by atoms with E-state index in [1.54, 1.807) is 6.07 Å². The van der Waals surface area contributed by atoms with Gasteiger partial charge in [-0.25, -0.2) is 4.39 Å². The third-order valence-corrected chi connectivity index (χ3v) is 3.77. The molecule has 0 aliphatic heterocycles. The topological polar surface area (TPSA) is 40.9 Å². The van der Waals surface area contributed by atoms with Crippen LogP contribution in [-0.2, 0) is 0 Å². The SMILES string of the molecule is N#CC(C(=O)c1ccc(Cl)cc1F)c1c(Cl)cccc1Cl. The van der Waals surface area contributed by atoms with Crippen LogP contribution in [0.4, 0.5) is 4.39 Å². The molecule has 2 nitrogen and oxygen atoms in total. The fraction of sp³-hybridized carbons (Fsp3) is 0.0667. The predicted octanol–water partition coefficient (Wildman–Crippen LogP) is 5.28. The summed E-state index contributed by atoms with van der Waals surface area (Å²) in [5.74, 6) is -2.81. The van der Waals surface area contributed by atoms with Crippen molar-refractivity contribution in [2.75, 3.05) is 0 Å². The van der Waals surface area contributed by atoms with Crippen molar-refractivity contribution in [2.24, 2.45) is 0 Å². The van der Waals surface area contributed by atoms with E-state index in [2.05, 4.69) is 0 Å². The first-order chi connectivity index (χ1) is 9.95. The van der Waals surface area contributed by atoms with Gasteiger partial charge in [0.2, 0.25) is 0 Å². The van der Waals surface area contributed by atoms with Gasteiger partial charge in [0.25, 0.3) is 0 Å². The Hall–Kier alpha value is -1.60. The van der Waals surface area contributed by atoms with Crippen molar-refractivity contribution in [2.45, 2.75) is 5.92 Å². The molecule has 2 rings (SSSR count). The van der Waals surface area contributed by atoms with Gasteiger partial charge in [-0.15, -0.1) is 0 Å². The third-order valence-electron chi connectivity index (χ3n) is 2.88. The summed E-state index contributed by atoms with van der Waals surface area (Å²) in [6.07, 6.45) is 0. The van der Waals surface area contributed by atoms with E-state index >= 15 is 0 Å². The number of carbonyl (C=O) groups excluding carboxylic acids is 1. The Morgan fingerprint density at radius 3 is 2.29 bits per heavy atom. The van der Waals surface area contributed by atoms with Crippen molar-refractivity contribution in [3.8, 4) is 6.07 Å². The van der Waals surface area contributed by atoms with Gasteiger partial charge in [0.15, 0.2) is 5.78 Å². The minimum atomic E-state index is -1.29. The van der Waals surface area contributed by atoms with E-state index in [1.165, 1.54) is 24.3 Å². The standard InChI is InChI=1S/C15H7Cl3FNO/c16-8-4-5-9(13(19)6-8)15(21)10(7-20)14-11(17)2-1-3-12(14)18/h1-6,10H. The average Bonchev–Trinajstić information content (AvgIpc) is 2.42. The zero-order chi connectivity index (χ0) is 15.6. The highest BCUT2D eigenvalue weighted by atomic mass is 35.5. The number of carbonyl (C=O) groups is 1. The minimum absolute atomic E-state index is 0.160. The molecule has 21 heavy (non-hydrogen) atoms. The number of rotatable bonds is 3. The second-order valence-electron chi connectivity index (χ2n) is 4.19. The molecule has 0 spiro atoms. The summed E-state index contributed by atoms with van der Waals surface area (Å²) >= 11 is 17.6. The Bertz CT molecular complexity index is 735. The maximum absolute atomic E-state index is 13.8. The molecule has 2 aromatic carbocycles. The van der Waals surface area contributed by atoms with Gasteiger partial charge in [0.1, 0.15) is 11.7 Å². The Balaban J connectivity index is 2.52. The lowest BCUT2D eigenvalue weighted by molar-refractivity contribution is 0.0975. The van der Waals surface area contributed by atoms with Crippen LogP contribution in [0, 0.1) is 17.1 Å². The number of halogens is 4. The van der Waals surface area contributed by atoms with Crippen LogP contribution in [0.3, 0.4) is 0 Å². The van der Waals surface area contributed by atoms with E-state index in [-0.39, 0.29) is 26.2 Å². The van der Waals surface area contributed by atoms with Crippen LogP contribution in [0.15, 0.2) is 36.4 Å². The summed E-state index contributed by atoms with van der Waals surface area (Å²) in [5.41, 5.74) is -0.0652. The van der Waals surface area contributed by atoms with Gasteiger partial charge < -0.3 is 0 Å². The molecule has 1 unspecified atom stereocenters. The summed E-state index contributed by atoms with van der Waals surface area (Å²) in [4.78, 5) is 12.4. The van der Waals surface area contributed by atoms with Crippen molar-refractivity contribution in [1.29, 1.82) is 5.26 Å². The van der Waals surface area contributed by atoms with Crippen LogP contribution in [-0.4, -0.2) is 5.78 Å². The fourth-order valence-corrected chi connectivity index (χ4v) is 2.66. The molecular formula is C15H7Cl3FNO. The number of nitriles is 1. The van der Waals surface area contributed by atoms with E-state index in [4.69, 9.17) is 34.8 Å². The second-order valence-corrected chi connectivity index (χ2v) is 5.44. The molecule has 106 valence electrons. The van der Waals surface area contributed by atoms with Crippen LogP contribution >= 0.6 is 34.8 Å². The lowest BCUT2D eigenvalue weighted by atomic mass is 9.91. The molecule has 0 aliphatic rings. The summed E-state index contributed by atoms with van der Waals surface area (Å²) in [6, 6.07) is 10.1. The van der Waals surface area contributed by atoms with Crippen LogP contribution in [0.5, 0.6) is 0 Å². The highest BCUT2D eigenvalue weighted by Crippen LogP contribution is 2.34. The number of nitrogens with zero attached hydrogens (tertiary/aromatic N) is 1. The van der Waals surface area contributed by atoms with Gasteiger partial charge in [-0.2, -0.15) is 5.26 Å². The molecule has 0 heterocycles. The highest BCUT2D eigenvalue weighted by molar-refractivity contribution is 6.36. The summed E-state index contributed by atoms with van der Waals surface area (Å²) in [5, 5.41) is 9.78. The lowest BCUT2D eigenvalue weighted by Crippen LogP contribution is -2.14. The Morgan fingerprint density at radius 1 is 1.14 bits per heavy atom. The fourth-order valence-electron chi connectivity index (χ4n) is 1.89. The van der Waals surface area contributed by atoms with Crippen LogP contribution in [0.2, 0.25) is 15.1 Å². The first-order valence-electron chi connectivity index (χ1n) is 5.78.